The lowest BCUT2D eigenvalue weighted by atomic mass is 9.78. The van der Waals surface area contributed by atoms with E-state index in [0.29, 0.717) is 25.0 Å². The number of nitrogens with zero attached hydrogens (tertiary/aromatic N) is 1. The lowest BCUT2D eigenvalue weighted by Crippen LogP contribution is -2.32. The molecule has 0 aliphatic heterocycles. The summed E-state index contributed by atoms with van der Waals surface area (Å²) in [5.74, 6) is -0.324. The fraction of sp³-hybridized carbons (Fsp3) is 0.538. The smallest absolute Gasteiger partial charge is 0.166 e. The van der Waals surface area contributed by atoms with Gasteiger partial charge in [0, 0.05) is 19.2 Å². The van der Waals surface area contributed by atoms with Crippen molar-refractivity contribution in [3.05, 3.63) is 29.8 Å². The minimum atomic E-state index is -0.529. The number of ketones is 1. The van der Waals surface area contributed by atoms with Crippen molar-refractivity contribution in [2.75, 3.05) is 6.61 Å². The fourth-order valence-electron chi connectivity index (χ4n) is 2.19. The van der Waals surface area contributed by atoms with E-state index in [2.05, 4.69) is 4.98 Å². The third-order valence-electron chi connectivity index (χ3n) is 3.14. The topological polar surface area (TPSA) is 39.2 Å². The maximum Gasteiger partial charge on any atom is 0.166 e. The number of Topliss-reactive ketones (excluding diaryl/α,β-unsaturated/α-hetero) is 1. The van der Waals surface area contributed by atoms with Gasteiger partial charge in [-0.2, -0.15) is 0 Å². The summed E-state index contributed by atoms with van der Waals surface area (Å²) in [5, 5.41) is 0. The van der Waals surface area contributed by atoms with Crippen molar-refractivity contribution < 1.29 is 13.9 Å². The van der Waals surface area contributed by atoms with E-state index in [1.165, 1.54) is 12.3 Å². The van der Waals surface area contributed by atoms with Crippen molar-refractivity contribution in [3.63, 3.8) is 0 Å². The molecule has 0 radical (unpaired) electrons. The molecule has 0 atom stereocenters. The van der Waals surface area contributed by atoms with Crippen LogP contribution in [0.15, 0.2) is 18.5 Å². The number of carbonyl (C=O) groups excluding carboxylic acids is 1. The molecule has 1 aliphatic carbocycles. The normalized spacial score (nSPS) is 23.2. The summed E-state index contributed by atoms with van der Waals surface area (Å²) in [7, 11) is 0. The van der Waals surface area contributed by atoms with Gasteiger partial charge in [-0.25, -0.2) is 4.39 Å². The van der Waals surface area contributed by atoms with E-state index in [4.69, 9.17) is 4.74 Å². The molecule has 0 amide bonds. The largest absolute Gasteiger partial charge is 0.378 e. The lowest BCUT2D eigenvalue weighted by Gasteiger charge is -2.34. The zero-order chi connectivity index (χ0) is 12.3. The molecule has 92 valence electrons. The molecule has 0 aromatic carbocycles. The summed E-state index contributed by atoms with van der Waals surface area (Å²) in [6.07, 6.45) is 5.04. The van der Waals surface area contributed by atoms with Gasteiger partial charge < -0.3 is 4.74 Å². The van der Waals surface area contributed by atoms with Gasteiger partial charge in [-0.3, -0.25) is 9.78 Å². The Balaban J connectivity index is 1.85. The quantitative estimate of drug-likeness (QED) is 0.739. The Kier molecular flexibility index (Phi) is 3.84. The van der Waals surface area contributed by atoms with Crippen LogP contribution in [0.3, 0.4) is 0 Å². The SMILES string of the molecule is CCOC1CC(CC(=O)c2ccncc2F)C1. The summed E-state index contributed by atoms with van der Waals surface area (Å²) >= 11 is 0. The molecule has 1 aromatic heterocycles. The highest BCUT2D eigenvalue weighted by Crippen LogP contribution is 2.33. The maximum absolute atomic E-state index is 13.3. The zero-order valence-electron chi connectivity index (χ0n) is 9.86. The Morgan fingerprint density at radius 2 is 2.35 bits per heavy atom. The third-order valence-corrected chi connectivity index (χ3v) is 3.14. The first kappa shape index (κ1) is 12.2. The van der Waals surface area contributed by atoms with Gasteiger partial charge in [-0.15, -0.1) is 0 Å². The molecule has 0 unspecified atom stereocenters. The van der Waals surface area contributed by atoms with Gasteiger partial charge in [0.15, 0.2) is 11.6 Å². The van der Waals surface area contributed by atoms with Gasteiger partial charge in [0.05, 0.1) is 17.9 Å². The molecule has 0 spiro atoms. The zero-order valence-corrected chi connectivity index (χ0v) is 9.86. The predicted molar refractivity (Wildman–Crippen MR) is 61.3 cm³/mol. The molecule has 1 aromatic rings. The van der Waals surface area contributed by atoms with Crippen LogP contribution in [0.2, 0.25) is 0 Å². The van der Waals surface area contributed by atoms with E-state index in [-0.39, 0.29) is 11.3 Å². The van der Waals surface area contributed by atoms with Crippen molar-refractivity contribution in [3.8, 4) is 0 Å². The fourth-order valence-corrected chi connectivity index (χ4v) is 2.19. The Morgan fingerprint density at radius 3 is 3.00 bits per heavy atom. The number of aromatic nitrogens is 1. The Hall–Kier alpha value is -1.29. The Morgan fingerprint density at radius 1 is 1.59 bits per heavy atom. The van der Waals surface area contributed by atoms with E-state index in [9.17, 15) is 9.18 Å². The van der Waals surface area contributed by atoms with Crippen LogP contribution in [0, 0.1) is 11.7 Å². The van der Waals surface area contributed by atoms with Gasteiger partial charge in [0.2, 0.25) is 0 Å². The number of rotatable bonds is 5. The van der Waals surface area contributed by atoms with E-state index in [1.54, 1.807) is 0 Å². The Bertz CT molecular complexity index is 402. The van der Waals surface area contributed by atoms with Crippen LogP contribution < -0.4 is 0 Å². The second-order valence-electron chi connectivity index (χ2n) is 4.40. The van der Waals surface area contributed by atoms with Gasteiger partial charge in [-0.05, 0) is 31.7 Å². The summed E-state index contributed by atoms with van der Waals surface area (Å²) in [4.78, 5) is 15.5. The highest BCUT2D eigenvalue weighted by molar-refractivity contribution is 5.96. The van der Waals surface area contributed by atoms with Crippen molar-refractivity contribution in [1.82, 2.24) is 4.98 Å². The van der Waals surface area contributed by atoms with Crippen LogP contribution in [-0.2, 0) is 4.74 Å². The van der Waals surface area contributed by atoms with Crippen molar-refractivity contribution in [2.45, 2.75) is 32.3 Å². The molecule has 1 fully saturated rings. The molecule has 0 bridgehead atoms. The number of hydrogen-bond acceptors (Lipinski definition) is 3. The summed E-state index contributed by atoms with van der Waals surface area (Å²) < 4.78 is 18.7. The summed E-state index contributed by atoms with van der Waals surface area (Å²) in [6, 6.07) is 1.44. The van der Waals surface area contributed by atoms with Crippen LogP contribution in [0.4, 0.5) is 4.39 Å². The van der Waals surface area contributed by atoms with Crippen LogP contribution >= 0.6 is 0 Å². The summed E-state index contributed by atoms with van der Waals surface area (Å²) in [6.45, 7) is 2.68. The minimum absolute atomic E-state index is 0.134. The molecule has 17 heavy (non-hydrogen) atoms. The molecule has 3 nitrogen and oxygen atoms in total. The van der Waals surface area contributed by atoms with E-state index in [1.807, 2.05) is 6.92 Å². The van der Waals surface area contributed by atoms with Crippen molar-refractivity contribution >= 4 is 5.78 Å². The molecule has 0 saturated heterocycles. The first-order chi connectivity index (χ1) is 8.20. The number of pyridine rings is 1. The number of carbonyl (C=O) groups is 1. The second kappa shape index (κ2) is 5.36. The van der Waals surface area contributed by atoms with Crippen molar-refractivity contribution in [2.24, 2.45) is 5.92 Å². The molecule has 1 heterocycles. The van der Waals surface area contributed by atoms with Gasteiger partial charge in [0.1, 0.15) is 0 Å². The molecular formula is C13H16FNO2. The van der Waals surface area contributed by atoms with E-state index in [0.717, 1.165) is 19.0 Å². The van der Waals surface area contributed by atoms with Gasteiger partial charge in [-0.1, -0.05) is 0 Å². The summed E-state index contributed by atoms with van der Waals surface area (Å²) in [5.41, 5.74) is 0.153. The van der Waals surface area contributed by atoms with Crippen LogP contribution in [0.25, 0.3) is 0 Å². The molecular weight excluding hydrogens is 221 g/mol. The van der Waals surface area contributed by atoms with Gasteiger partial charge in [0.25, 0.3) is 0 Å². The second-order valence-corrected chi connectivity index (χ2v) is 4.40. The first-order valence-electron chi connectivity index (χ1n) is 5.95. The standard InChI is InChI=1S/C13H16FNO2/c1-2-17-10-5-9(6-10)7-13(16)11-3-4-15-8-12(11)14/h3-4,8-10H,2,5-7H2,1H3. The van der Waals surface area contributed by atoms with Crippen LogP contribution in [-0.4, -0.2) is 23.5 Å². The van der Waals surface area contributed by atoms with Crippen LogP contribution in [0.5, 0.6) is 0 Å². The number of hydrogen-bond donors (Lipinski definition) is 0. The average Bonchev–Trinajstić information content (AvgIpc) is 2.26. The highest BCUT2D eigenvalue weighted by atomic mass is 19.1. The minimum Gasteiger partial charge on any atom is -0.378 e. The monoisotopic (exact) mass is 237 g/mol. The molecule has 4 heteroatoms. The molecule has 1 saturated carbocycles. The third kappa shape index (κ3) is 2.88. The lowest BCUT2D eigenvalue weighted by molar-refractivity contribution is -0.0246. The van der Waals surface area contributed by atoms with E-state index >= 15 is 0 Å². The average molecular weight is 237 g/mol. The van der Waals surface area contributed by atoms with Gasteiger partial charge >= 0.3 is 0 Å². The number of ether oxygens (including phenoxy) is 1. The molecule has 2 rings (SSSR count). The molecule has 0 N–H and O–H groups in total. The van der Waals surface area contributed by atoms with Crippen LogP contribution in [0.1, 0.15) is 36.5 Å². The van der Waals surface area contributed by atoms with E-state index < -0.39 is 5.82 Å². The number of halogens is 1. The Labute approximate surface area is 100 Å². The highest BCUT2D eigenvalue weighted by Gasteiger charge is 2.31. The first-order valence-corrected chi connectivity index (χ1v) is 5.95. The van der Waals surface area contributed by atoms with Crippen molar-refractivity contribution in [1.29, 1.82) is 0 Å². The predicted octanol–water partition coefficient (Wildman–Crippen LogP) is 2.61. The molecule has 1 aliphatic rings. The maximum atomic E-state index is 13.3.